The molecule has 2 fully saturated rings. The van der Waals surface area contributed by atoms with E-state index < -0.39 is 0 Å². The van der Waals surface area contributed by atoms with Gasteiger partial charge in [-0.2, -0.15) is 5.26 Å². The van der Waals surface area contributed by atoms with E-state index in [0.717, 1.165) is 63.0 Å². The number of aliphatic hydroxyl groups excluding tert-OH is 1. The molecule has 34 heavy (non-hydrogen) atoms. The second kappa shape index (κ2) is 11.6. The van der Waals surface area contributed by atoms with E-state index in [0.29, 0.717) is 34.8 Å². The molecule has 0 atom stereocenters. The molecule has 1 aromatic heterocycles. The molecule has 1 saturated carbocycles. The maximum atomic E-state index is 12.7. The first-order chi connectivity index (χ1) is 16.6. The summed E-state index contributed by atoms with van der Waals surface area (Å²) in [4.78, 5) is 14.8. The number of nitriles is 1. The monoisotopic (exact) mass is 482 g/mol. The van der Waals surface area contributed by atoms with Crippen LogP contribution in [0.1, 0.15) is 60.1 Å². The number of hydrogen-bond donors (Lipinski definition) is 3. The van der Waals surface area contributed by atoms with Crippen LogP contribution in [-0.4, -0.2) is 53.0 Å². The molecule has 8 nitrogen and oxygen atoms in total. The van der Waals surface area contributed by atoms with Crippen molar-refractivity contribution in [1.82, 2.24) is 20.8 Å². The molecule has 1 aliphatic heterocycles. The number of amides is 1. The van der Waals surface area contributed by atoms with E-state index in [1.807, 2.05) is 18.2 Å². The summed E-state index contributed by atoms with van der Waals surface area (Å²) >= 11 is 6.12. The van der Waals surface area contributed by atoms with Crippen LogP contribution in [-0.2, 0) is 6.54 Å². The molecule has 2 aliphatic rings. The number of rotatable bonds is 7. The highest BCUT2D eigenvalue weighted by atomic mass is 35.5. The summed E-state index contributed by atoms with van der Waals surface area (Å²) in [6.45, 7) is 2.64. The molecule has 0 radical (unpaired) electrons. The van der Waals surface area contributed by atoms with E-state index in [9.17, 15) is 9.90 Å². The smallest absolute Gasteiger partial charge is 0.272 e. The summed E-state index contributed by atoms with van der Waals surface area (Å²) in [5, 5.41) is 33.8. The van der Waals surface area contributed by atoms with E-state index in [1.165, 1.54) is 0 Å². The van der Waals surface area contributed by atoms with Gasteiger partial charge in [-0.1, -0.05) is 17.7 Å². The van der Waals surface area contributed by atoms with Gasteiger partial charge in [0.2, 0.25) is 0 Å². The van der Waals surface area contributed by atoms with Crippen LogP contribution in [0, 0.1) is 17.2 Å². The van der Waals surface area contributed by atoms with Crippen molar-refractivity contribution in [2.45, 2.75) is 57.2 Å². The van der Waals surface area contributed by atoms with Crippen molar-refractivity contribution in [2.75, 3.05) is 24.6 Å². The molecule has 1 saturated heterocycles. The van der Waals surface area contributed by atoms with Gasteiger partial charge in [-0.3, -0.25) is 4.79 Å². The van der Waals surface area contributed by atoms with Crippen molar-refractivity contribution in [1.29, 1.82) is 5.26 Å². The largest absolute Gasteiger partial charge is 0.396 e. The quantitative estimate of drug-likeness (QED) is 0.555. The Morgan fingerprint density at radius 3 is 2.44 bits per heavy atom. The number of nitrogens with zero attached hydrogens (tertiary/aromatic N) is 4. The number of halogens is 1. The first-order valence-electron chi connectivity index (χ1n) is 12.0. The third-order valence-corrected chi connectivity index (χ3v) is 7.20. The minimum Gasteiger partial charge on any atom is -0.396 e. The molecule has 3 N–H and O–H groups in total. The summed E-state index contributed by atoms with van der Waals surface area (Å²) in [6.07, 6.45) is 5.65. The van der Waals surface area contributed by atoms with Crippen LogP contribution in [0.3, 0.4) is 0 Å². The molecule has 1 amide bonds. The summed E-state index contributed by atoms with van der Waals surface area (Å²) < 4.78 is 0. The zero-order valence-electron chi connectivity index (χ0n) is 19.2. The van der Waals surface area contributed by atoms with Gasteiger partial charge in [0.05, 0.1) is 10.6 Å². The van der Waals surface area contributed by atoms with Crippen LogP contribution < -0.4 is 15.5 Å². The molecule has 2 heterocycles. The molecule has 0 unspecified atom stereocenters. The van der Waals surface area contributed by atoms with Gasteiger partial charge in [-0.05, 0) is 74.3 Å². The van der Waals surface area contributed by atoms with Crippen molar-refractivity contribution in [3.63, 3.8) is 0 Å². The lowest BCUT2D eigenvalue weighted by atomic mass is 9.91. The molecule has 180 valence electrons. The molecule has 0 spiro atoms. The van der Waals surface area contributed by atoms with Crippen molar-refractivity contribution in [3.05, 3.63) is 52.2 Å². The van der Waals surface area contributed by atoms with Gasteiger partial charge in [0.25, 0.3) is 5.91 Å². The molecule has 0 bridgehead atoms. The summed E-state index contributed by atoms with van der Waals surface area (Å²) in [5.41, 5.74) is 1.88. The topological polar surface area (TPSA) is 114 Å². The number of nitrogens with one attached hydrogen (secondary N) is 2. The third-order valence-electron chi connectivity index (χ3n) is 6.89. The predicted molar refractivity (Wildman–Crippen MR) is 131 cm³/mol. The number of anilines is 1. The average molecular weight is 483 g/mol. The first kappa shape index (κ1) is 24.4. The lowest BCUT2D eigenvalue weighted by Crippen LogP contribution is -2.42. The Kier molecular flexibility index (Phi) is 8.33. The average Bonchev–Trinajstić information content (AvgIpc) is 2.88. The second-order valence-corrected chi connectivity index (χ2v) is 9.63. The number of aromatic nitrogens is 2. The van der Waals surface area contributed by atoms with Gasteiger partial charge in [0.1, 0.15) is 6.07 Å². The summed E-state index contributed by atoms with van der Waals surface area (Å²) in [5.74, 6) is 0.971. The zero-order chi connectivity index (χ0) is 23.9. The minimum absolute atomic E-state index is 0.133. The number of carbonyl (C=O) groups is 1. The summed E-state index contributed by atoms with van der Waals surface area (Å²) in [6, 6.07) is 11.7. The second-order valence-electron chi connectivity index (χ2n) is 9.22. The predicted octanol–water partition coefficient (Wildman–Crippen LogP) is 3.04. The maximum Gasteiger partial charge on any atom is 0.272 e. The SMILES string of the molecule is N#Cc1ccc(CNC2CCC(NC(=O)c3ccc(N4CCC(CO)CC4)nn3)CC2)cc1Cl. The van der Waals surface area contributed by atoms with Crippen molar-refractivity contribution >= 4 is 23.3 Å². The van der Waals surface area contributed by atoms with Crippen LogP contribution in [0.25, 0.3) is 0 Å². The number of hydrogen-bond acceptors (Lipinski definition) is 7. The van der Waals surface area contributed by atoms with Crippen LogP contribution in [0.5, 0.6) is 0 Å². The molecular formula is C25H31ClN6O2. The van der Waals surface area contributed by atoms with Gasteiger partial charge >= 0.3 is 0 Å². The molecule has 4 rings (SSSR count). The van der Waals surface area contributed by atoms with E-state index in [2.05, 4.69) is 31.8 Å². The zero-order valence-corrected chi connectivity index (χ0v) is 20.0. The van der Waals surface area contributed by atoms with Crippen LogP contribution >= 0.6 is 11.6 Å². The normalized spacial score (nSPS) is 21.1. The van der Waals surface area contributed by atoms with Gasteiger partial charge in [-0.25, -0.2) is 0 Å². The number of carbonyl (C=O) groups excluding carboxylic acids is 1. The van der Waals surface area contributed by atoms with Gasteiger partial charge in [0.15, 0.2) is 11.5 Å². The fraction of sp³-hybridized carbons (Fsp3) is 0.520. The Morgan fingerprint density at radius 2 is 1.82 bits per heavy atom. The van der Waals surface area contributed by atoms with Crippen molar-refractivity contribution in [3.8, 4) is 6.07 Å². The van der Waals surface area contributed by atoms with Gasteiger partial charge in [-0.15, -0.1) is 10.2 Å². The first-order valence-corrected chi connectivity index (χ1v) is 12.4. The Balaban J connectivity index is 1.20. The lowest BCUT2D eigenvalue weighted by molar-refractivity contribution is 0.0918. The van der Waals surface area contributed by atoms with Gasteiger partial charge < -0.3 is 20.6 Å². The third kappa shape index (κ3) is 6.23. The van der Waals surface area contributed by atoms with Crippen LogP contribution in [0.15, 0.2) is 30.3 Å². The molecule has 2 aromatic rings. The van der Waals surface area contributed by atoms with E-state index in [4.69, 9.17) is 16.9 Å². The van der Waals surface area contributed by atoms with Crippen LogP contribution in [0.4, 0.5) is 5.82 Å². The highest BCUT2D eigenvalue weighted by molar-refractivity contribution is 6.31. The van der Waals surface area contributed by atoms with E-state index in [-0.39, 0.29) is 18.6 Å². The standard InChI is InChI=1S/C25H31ClN6O2/c26-22-13-18(1-2-19(22)14-27)15-28-20-3-5-21(6-4-20)29-25(34)23-7-8-24(31-30-23)32-11-9-17(16-33)10-12-32/h1-2,7-8,13,17,20-21,28,33H,3-6,9-12,15-16H2,(H,29,34). The Hall–Kier alpha value is -2.73. The van der Waals surface area contributed by atoms with E-state index >= 15 is 0 Å². The highest BCUT2D eigenvalue weighted by Crippen LogP contribution is 2.22. The Labute approximate surface area is 205 Å². The van der Waals surface area contributed by atoms with E-state index in [1.54, 1.807) is 12.1 Å². The highest BCUT2D eigenvalue weighted by Gasteiger charge is 2.24. The van der Waals surface area contributed by atoms with Gasteiger partial charge in [0, 0.05) is 38.3 Å². The fourth-order valence-electron chi connectivity index (χ4n) is 4.68. The molecular weight excluding hydrogens is 452 g/mol. The number of aliphatic hydroxyl groups is 1. The van der Waals surface area contributed by atoms with Crippen molar-refractivity contribution in [2.24, 2.45) is 5.92 Å². The molecule has 1 aliphatic carbocycles. The van der Waals surface area contributed by atoms with Crippen LogP contribution in [0.2, 0.25) is 5.02 Å². The lowest BCUT2D eigenvalue weighted by Gasteiger charge is -2.31. The fourth-order valence-corrected chi connectivity index (χ4v) is 4.93. The minimum atomic E-state index is -0.179. The number of benzene rings is 1. The molecule has 9 heteroatoms. The molecule has 1 aromatic carbocycles. The number of piperidine rings is 1. The van der Waals surface area contributed by atoms with Crippen molar-refractivity contribution < 1.29 is 9.90 Å². The maximum absolute atomic E-state index is 12.7. The summed E-state index contributed by atoms with van der Waals surface area (Å²) in [7, 11) is 0. The Morgan fingerprint density at radius 1 is 1.09 bits per heavy atom. The Bertz CT molecular complexity index is 1010.